The molecule has 1 aromatic rings. The van der Waals surface area contributed by atoms with Crippen molar-refractivity contribution in [2.75, 3.05) is 0 Å². The topological polar surface area (TPSA) is 20.2 Å². The smallest absolute Gasteiger partial charge is 0.115 e. The Morgan fingerprint density at radius 1 is 1.24 bits per heavy atom. The molecule has 4 atom stereocenters. The standard InChI is InChI=1S/C20H26O/c1-3-14-5-9-19-18-7-4-13-12-15(21)6-8-16(13)17(18)10-11-20(14,19)2/h6-8,12,14,17,19,21H,3-5,9-11H2,1-2H3/t14-,17?,19?,20+/m0/s1. The number of phenols is 1. The van der Waals surface area contributed by atoms with Crippen LogP contribution in [-0.4, -0.2) is 5.11 Å². The predicted molar refractivity (Wildman–Crippen MR) is 86.5 cm³/mol. The van der Waals surface area contributed by atoms with Gasteiger partial charge in [0.15, 0.2) is 0 Å². The Hall–Kier alpha value is -1.24. The van der Waals surface area contributed by atoms with Crippen molar-refractivity contribution in [1.82, 2.24) is 0 Å². The van der Waals surface area contributed by atoms with Gasteiger partial charge in [0.25, 0.3) is 0 Å². The normalized spacial score (nSPS) is 37.4. The van der Waals surface area contributed by atoms with Gasteiger partial charge in [0.05, 0.1) is 0 Å². The Morgan fingerprint density at radius 3 is 2.90 bits per heavy atom. The molecule has 1 N–H and O–H groups in total. The highest BCUT2D eigenvalue weighted by molar-refractivity contribution is 5.47. The highest BCUT2D eigenvalue weighted by Crippen LogP contribution is 2.62. The van der Waals surface area contributed by atoms with Crippen molar-refractivity contribution in [1.29, 1.82) is 0 Å². The molecule has 1 nitrogen and oxygen atoms in total. The highest BCUT2D eigenvalue weighted by atomic mass is 16.3. The number of hydrogen-bond donors (Lipinski definition) is 1. The van der Waals surface area contributed by atoms with Gasteiger partial charge in [-0.1, -0.05) is 38.0 Å². The van der Waals surface area contributed by atoms with E-state index in [0.29, 0.717) is 17.1 Å². The van der Waals surface area contributed by atoms with E-state index < -0.39 is 0 Å². The largest absolute Gasteiger partial charge is 0.508 e. The summed E-state index contributed by atoms with van der Waals surface area (Å²) in [6.45, 7) is 4.93. The van der Waals surface area contributed by atoms with Gasteiger partial charge in [0.1, 0.15) is 5.75 Å². The molecule has 0 bridgehead atoms. The summed E-state index contributed by atoms with van der Waals surface area (Å²) < 4.78 is 0. The number of rotatable bonds is 1. The molecule has 0 heterocycles. The lowest BCUT2D eigenvalue weighted by Crippen LogP contribution is -2.37. The summed E-state index contributed by atoms with van der Waals surface area (Å²) in [5.74, 6) is 2.77. The molecule has 2 saturated carbocycles. The molecule has 2 unspecified atom stereocenters. The molecular weight excluding hydrogens is 256 g/mol. The lowest BCUT2D eigenvalue weighted by Gasteiger charge is -2.47. The van der Waals surface area contributed by atoms with Crippen molar-refractivity contribution in [2.45, 2.75) is 58.3 Å². The van der Waals surface area contributed by atoms with Gasteiger partial charge in [-0.25, -0.2) is 0 Å². The summed E-state index contributed by atoms with van der Waals surface area (Å²) in [5, 5.41) is 9.72. The maximum Gasteiger partial charge on any atom is 0.115 e. The van der Waals surface area contributed by atoms with Gasteiger partial charge in [-0.05, 0) is 72.6 Å². The zero-order valence-corrected chi connectivity index (χ0v) is 13.2. The van der Waals surface area contributed by atoms with E-state index in [1.807, 2.05) is 12.1 Å². The summed E-state index contributed by atoms with van der Waals surface area (Å²) in [6, 6.07) is 6.02. The Kier molecular flexibility index (Phi) is 2.96. The van der Waals surface area contributed by atoms with Crippen molar-refractivity contribution in [2.24, 2.45) is 17.3 Å². The first-order valence-electron chi connectivity index (χ1n) is 8.65. The average molecular weight is 282 g/mol. The van der Waals surface area contributed by atoms with Crippen LogP contribution in [0.3, 0.4) is 0 Å². The number of hydrogen-bond acceptors (Lipinski definition) is 1. The SMILES string of the molecule is CC[C@H]1CCC2C3=CCc4cc(O)ccc4C3CC[C@@]21C. The molecule has 0 saturated heterocycles. The van der Waals surface area contributed by atoms with Gasteiger partial charge in [-0.2, -0.15) is 0 Å². The van der Waals surface area contributed by atoms with Gasteiger partial charge in [0, 0.05) is 5.92 Å². The van der Waals surface area contributed by atoms with Crippen LogP contribution >= 0.6 is 0 Å². The van der Waals surface area contributed by atoms with E-state index in [9.17, 15) is 5.11 Å². The minimum absolute atomic E-state index is 0.415. The van der Waals surface area contributed by atoms with E-state index in [1.165, 1.54) is 43.2 Å². The number of allylic oxidation sites excluding steroid dienone is 2. The van der Waals surface area contributed by atoms with Crippen molar-refractivity contribution in [3.05, 3.63) is 41.0 Å². The van der Waals surface area contributed by atoms with Gasteiger partial charge >= 0.3 is 0 Å². The molecule has 3 aliphatic carbocycles. The van der Waals surface area contributed by atoms with Crippen molar-refractivity contribution >= 4 is 0 Å². The van der Waals surface area contributed by atoms with Gasteiger partial charge in [-0.15, -0.1) is 0 Å². The third-order valence-electron chi connectivity index (χ3n) is 6.86. The molecule has 0 aliphatic heterocycles. The third-order valence-corrected chi connectivity index (χ3v) is 6.86. The Labute approximate surface area is 128 Å². The minimum Gasteiger partial charge on any atom is -0.508 e. The maximum atomic E-state index is 9.72. The molecule has 0 spiro atoms. The first kappa shape index (κ1) is 13.4. The maximum absolute atomic E-state index is 9.72. The van der Waals surface area contributed by atoms with Gasteiger partial charge in [0.2, 0.25) is 0 Å². The second-order valence-electron chi connectivity index (χ2n) is 7.62. The fourth-order valence-electron chi connectivity index (χ4n) is 5.73. The molecular formula is C20H26O. The zero-order valence-electron chi connectivity index (χ0n) is 13.2. The first-order chi connectivity index (χ1) is 10.1. The van der Waals surface area contributed by atoms with Crippen LogP contribution in [0.2, 0.25) is 0 Å². The molecule has 0 amide bonds. The Balaban J connectivity index is 1.73. The molecule has 2 fully saturated rings. The van der Waals surface area contributed by atoms with Crippen LogP contribution in [0.15, 0.2) is 29.8 Å². The van der Waals surface area contributed by atoms with E-state index in [4.69, 9.17) is 0 Å². The zero-order chi connectivity index (χ0) is 14.6. The minimum atomic E-state index is 0.415. The van der Waals surface area contributed by atoms with E-state index in [0.717, 1.165) is 18.3 Å². The fourth-order valence-corrected chi connectivity index (χ4v) is 5.73. The summed E-state index contributed by atoms with van der Waals surface area (Å²) in [7, 11) is 0. The highest BCUT2D eigenvalue weighted by Gasteiger charge is 2.51. The lowest BCUT2D eigenvalue weighted by atomic mass is 9.57. The molecule has 0 aromatic heterocycles. The first-order valence-corrected chi connectivity index (χ1v) is 8.65. The summed E-state index contributed by atoms with van der Waals surface area (Å²) in [5.41, 5.74) is 5.12. The number of phenolic OH excluding ortho intramolecular Hbond substituents is 1. The van der Waals surface area contributed by atoms with E-state index in [2.05, 4.69) is 26.0 Å². The van der Waals surface area contributed by atoms with Gasteiger partial charge < -0.3 is 5.11 Å². The summed E-state index contributed by atoms with van der Waals surface area (Å²) in [4.78, 5) is 0. The van der Waals surface area contributed by atoms with Crippen LogP contribution in [-0.2, 0) is 6.42 Å². The van der Waals surface area contributed by atoms with Crippen LogP contribution in [0.4, 0.5) is 0 Å². The molecule has 1 aromatic carbocycles. The number of aromatic hydroxyl groups is 1. The predicted octanol–water partition coefficient (Wildman–Crippen LogP) is 5.19. The van der Waals surface area contributed by atoms with E-state index in [1.54, 1.807) is 5.57 Å². The van der Waals surface area contributed by atoms with E-state index >= 15 is 0 Å². The second kappa shape index (κ2) is 4.63. The molecule has 21 heavy (non-hydrogen) atoms. The second-order valence-corrected chi connectivity index (χ2v) is 7.62. The van der Waals surface area contributed by atoms with Crippen molar-refractivity contribution in [3.63, 3.8) is 0 Å². The van der Waals surface area contributed by atoms with Crippen LogP contribution in [0.5, 0.6) is 5.75 Å². The average Bonchev–Trinajstić information content (AvgIpc) is 2.83. The fraction of sp³-hybridized carbons (Fsp3) is 0.600. The van der Waals surface area contributed by atoms with Crippen molar-refractivity contribution in [3.8, 4) is 5.75 Å². The number of benzene rings is 1. The van der Waals surface area contributed by atoms with Crippen LogP contribution in [0.1, 0.15) is 63.0 Å². The molecule has 0 radical (unpaired) electrons. The molecule has 1 heteroatoms. The molecule has 4 rings (SSSR count). The summed E-state index contributed by atoms with van der Waals surface area (Å²) >= 11 is 0. The third kappa shape index (κ3) is 1.82. The van der Waals surface area contributed by atoms with Crippen molar-refractivity contribution < 1.29 is 5.11 Å². The number of fused-ring (bicyclic) bond motifs is 5. The van der Waals surface area contributed by atoms with Crippen LogP contribution in [0.25, 0.3) is 0 Å². The van der Waals surface area contributed by atoms with Crippen LogP contribution < -0.4 is 0 Å². The van der Waals surface area contributed by atoms with Gasteiger partial charge in [-0.3, -0.25) is 0 Å². The monoisotopic (exact) mass is 282 g/mol. The molecule has 3 aliphatic rings. The summed E-state index contributed by atoms with van der Waals surface area (Å²) in [6.07, 6.45) is 10.3. The Bertz CT molecular complexity index is 600. The van der Waals surface area contributed by atoms with E-state index in [-0.39, 0.29) is 0 Å². The molecule has 112 valence electrons. The Morgan fingerprint density at radius 2 is 2.10 bits per heavy atom. The van der Waals surface area contributed by atoms with Crippen LogP contribution in [0, 0.1) is 17.3 Å². The quantitative estimate of drug-likeness (QED) is 0.702. The lowest BCUT2D eigenvalue weighted by molar-refractivity contribution is 0.124.